The first kappa shape index (κ1) is 8.63. The normalized spacial score (nSPS) is 22.7. The third kappa shape index (κ3) is 1.42. The molecular formula is C10H19N. The highest BCUT2D eigenvalue weighted by molar-refractivity contribution is 5.04. The van der Waals surface area contributed by atoms with Crippen molar-refractivity contribution in [2.24, 2.45) is 0 Å². The average molecular weight is 153 g/mol. The quantitative estimate of drug-likeness (QED) is 0.589. The van der Waals surface area contributed by atoms with Gasteiger partial charge in [0.05, 0.1) is 0 Å². The highest BCUT2D eigenvalue weighted by Crippen LogP contribution is 2.37. The van der Waals surface area contributed by atoms with Gasteiger partial charge in [0.2, 0.25) is 0 Å². The Morgan fingerprint density at radius 3 is 2.27 bits per heavy atom. The predicted molar refractivity (Wildman–Crippen MR) is 49.5 cm³/mol. The Bertz CT molecular complexity index is 166. The summed E-state index contributed by atoms with van der Waals surface area (Å²) >= 11 is 0. The van der Waals surface area contributed by atoms with Crippen molar-refractivity contribution in [2.45, 2.75) is 45.6 Å². The molecule has 1 heteroatoms. The molecule has 0 aromatic carbocycles. The van der Waals surface area contributed by atoms with Crippen molar-refractivity contribution in [1.29, 1.82) is 0 Å². The molecule has 0 spiro atoms. The zero-order valence-electron chi connectivity index (χ0n) is 8.15. The van der Waals surface area contributed by atoms with E-state index in [0.717, 1.165) is 0 Å². The van der Waals surface area contributed by atoms with Crippen LogP contribution >= 0.6 is 0 Å². The van der Waals surface area contributed by atoms with E-state index >= 15 is 0 Å². The summed E-state index contributed by atoms with van der Waals surface area (Å²) in [6.45, 7) is 6.64. The van der Waals surface area contributed by atoms with Crippen LogP contribution in [0.2, 0.25) is 0 Å². The zero-order chi connectivity index (χ0) is 8.48. The second-order valence-corrected chi connectivity index (χ2v) is 3.84. The van der Waals surface area contributed by atoms with Crippen molar-refractivity contribution >= 4 is 0 Å². The van der Waals surface area contributed by atoms with Crippen LogP contribution in [-0.4, -0.2) is 17.5 Å². The van der Waals surface area contributed by atoms with Crippen molar-refractivity contribution < 1.29 is 0 Å². The predicted octanol–water partition coefficient (Wildman–Crippen LogP) is 2.78. The van der Waals surface area contributed by atoms with E-state index in [4.69, 9.17) is 0 Å². The molecule has 1 aliphatic carbocycles. The lowest BCUT2D eigenvalue weighted by molar-refractivity contribution is 0.0872. The van der Waals surface area contributed by atoms with E-state index in [2.05, 4.69) is 38.8 Å². The molecule has 0 bridgehead atoms. The molecule has 0 saturated heterocycles. The van der Waals surface area contributed by atoms with Crippen LogP contribution in [0.4, 0.5) is 0 Å². The molecule has 0 aromatic heterocycles. The fraction of sp³-hybridized carbons (Fsp3) is 0.800. The molecule has 0 aliphatic heterocycles. The Kier molecular flexibility index (Phi) is 2.26. The van der Waals surface area contributed by atoms with E-state index in [-0.39, 0.29) is 0 Å². The molecule has 0 amide bonds. The molecule has 0 unspecified atom stereocenters. The molecule has 0 atom stereocenters. The third-order valence-electron chi connectivity index (χ3n) is 3.19. The minimum Gasteiger partial charge on any atom is -0.373 e. The molecule has 0 N–H and O–H groups in total. The van der Waals surface area contributed by atoms with Gasteiger partial charge in [-0.1, -0.05) is 6.08 Å². The summed E-state index contributed by atoms with van der Waals surface area (Å²) in [6.07, 6.45) is 6.30. The van der Waals surface area contributed by atoms with Gasteiger partial charge in [-0.2, -0.15) is 0 Å². The van der Waals surface area contributed by atoms with E-state index < -0.39 is 0 Å². The van der Waals surface area contributed by atoms with E-state index in [1.165, 1.54) is 25.0 Å². The van der Waals surface area contributed by atoms with Gasteiger partial charge in [0.15, 0.2) is 0 Å². The summed E-state index contributed by atoms with van der Waals surface area (Å²) in [5, 5.41) is 0. The van der Waals surface area contributed by atoms with Gasteiger partial charge < -0.3 is 4.90 Å². The summed E-state index contributed by atoms with van der Waals surface area (Å²) in [4.78, 5) is 2.41. The topological polar surface area (TPSA) is 3.24 Å². The van der Waals surface area contributed by atoms with Crippen molar-refractivity contribution in [3.05, 3.63) is 11.8 Å². The monoisotopic (exact) mass is 153 g/mol. The first-order valence-electron chi connectivity index (χ1n) is 4.47. The van der Waals surface area contributed by atoms with Crippen LogP contribution in [-0.2, 0) is 0 Å². The second kappa shape index (κ2) is 2.88. The number of hydrogen-bond acceptors (Lipinski definition) is 1. The largest absolute Gasteiger partial charge is 0.373 e. The van der Waals surface area contributed by atoms with Gasteiger partial charge in [0.25, 0.3) is 0 Å². The van der Waals surface area contributed by atoms with Crippen LogP contribution in [0.5, 0.6) is 0 Å². The Balaban J connectivity index is 2.59. The Morgan fingerprint density at radius 1 is 1.45 bits per heavy atom. The van der Waals surface area contributed by atoms with Crippen molar-refractivity contribution in [1.82, 2.24) is 4.90 Å². The van der Waals surface area contributed by atoms with Crippen LogP contribution in [0.15, 0.2) is 11.8 Å². The van der Waals surface area contributed by atoms with Gasteiger partial charge in [0, 0.05) is 18.3 Å². The fourth-order valence-corrected chi connectivity index (χ4v) is 1.64. The smallest absolute Gasteiger partial charge is 0.0367 e. The Hall–Kier alpha value is -0.460. The SMILES string of the molecule is C/C=C(\C)N(C)C1(C)CCC1. The van der Waals surface area contributed by atoms with E-state index in [1.54, 1.807) is 0 Å². The van der Waals surface area contributed by atoms with Crippen LogP contribution in [0, 0.1) is 0 Å². The summed E-state index contributed by atoms with van der Waals surface area (Å²) < 4.78 is 0. The number of allylic oxidation sites excluding steroid dienone is 2. The molecule has 0 aromatic rings. The fourth-order valence-electron chi connectivity index (χ4n) is 1.64. The van der Waals surface area contributed by atoms with Crippen LogP contribution in [0.25, 0.3) is 0 Å². The lowest BCUT2D eigenvalue weighted by Gasteiger charge is -2.47. The number of rotatable bonds is 2. The van der Waals surface area contributed by atoms with Gasteiger partial charge >= 0.3 is 0 Å². The molecule has 1 nitrogen and oxygen atoms in total. The summed E-state index contributed by atoms with van der Waals surface area (Å²) in [6, 6.07) is 0. The second-order valence-electron chi connectivity index (χ2n) is 3.84. The number of hydrogen-bond donors (Lipinski definition) is 0. The minimum absolute atomic E-state index is 0.469. The maximum Gasteiger partial charge on any atom is 0.0367 e. The first-order valence-corrected chi connectivity index (χ1v) is 4.47. The average Bonchev–Trinajstić information content (AvgIpc) is 1.97. The molecular weight excluding hydrogens is 134 g/mol. The minimum atomic E-state index is 0.469. The molecule has 0 heterocycles. The van der Waals surface area contributed by atoms with Gasteiger partial charge in [-0.05, 0) is 40.0 Å². The Labute approximate surface area is 70.1 Å². The van der Waals surface area contributed by atoms with Crippen LogP contribution < -0.4 is 0 Å². The van der Waals surface area contributed by atoms with Crippen LogP contribution in [0.3, 0.4) is 0 Å². The lowest BCUT2D eigenvalue weighted by atomic mass is 9.77. The third-order valence-corrected chi connectivity index (χ3v) is 3.19. The van der Waals surface area contributed by atoms with Gasteiger partial charge in [0.1, 0.15) is 0 Å². The molecule has 11 heavy (non-hydrogen) atoms. The standard InChI is InChI=1S/C10H19N/c1-5-9(2)11(4)10(3)7-6-8-10/h5H,6-8H2,1-4H3/b9-5+. The first-order chi connectivity index (χ1) is 5.10. The zero-order valence-corrected chi connectivity index (χ0v) is 8.15. The summed E-state index contributed by atoms with van der Waals surface area (Å²) in [5.41, 5.74) is 1.86. The number of nitrogens with zero attached hydrogens (tertiary/aromatic N) is 1. The van der Waals surface area contributed by atoms with E-state index in [0.29, 0.717) is 5.54 Å². The molecule has 1 fully saturated rings. The Morgan fingerprint density at radius 2 is 2.00 bits per heavy atom. The van der Waals surface area contributed by atoms with Gasteiger partial charge in [-0.25, -0.2) is 0 Å². The van der Waals surface area contributed by atoms with Gasteiger partial charge in [-0.15, -0.1) is 0 Å². The lowest BCUT2D eigenvalue weighted by Crippen LogP contribution is -2.48. The maximum absolute atomic E-state index is 2.41. The van der Waals surface area contributed by atoms with Crippen LogP contribution in [0.1, 0.15) is 40.0 Å². The highest BCUT2D eigenvalue weighted by Gasteiger charge is 2.35. The molecule has 64 valence electrons. The van der Waals surface area contributed by atoms with Crippen molar-refractivity contribution in [3.8, 4) is 0 Å². The van der Waals surface area contributed by atoms with Crippen molar-refractivity contribution in [2.75, 3.05) is 7.05 Å². The summed E-state index contributed by atoms with van der Waals surface area (Å²) in [7, 11) is 2.20. The van der Waals surface area contributed by atoms with E-state index in [9.17, 15) is 0 Å². The van der Waals surface area contributed by atoms with Gasteiger partial charge in [-0.3, -0.25) is 0 Å². The van der Waals surface area contributed by atoms with Crippen molar-refractivity contribution in [3.63, 3.8) is 0 Å². The molecule has 0 radical (unpaired) electrons. The highest BCUT2D eigenvalue weighted by atomic mass is 15.2. The van der Waals surface area contributed by atoms with E-state index in [1.807, 2.05) is 0 Å². The molecule has 1 saturated carbocycles. The molecule has 1 rings (SSSR count). The summed E-state index contributed by atoms with van der Waals surface area (Å²) in [5.74, 6) is 0. The maximum atomic E-state index is 2.41. The molecule has 1 aliphatic rings.